The van der Waals surface area contributed by atoms with E-state index in [1.807, 2.05) is 0 Å². The molecule has 0 aromatic rings. The molecule has 0 bridgehead atoms. The molecule has 4 aliphatic heterocycles. The maximum absolute atomic E-state index is 12.8. The van der Waals surface area contributed by atoms with Gasteiger partial charge in [0.2, 0.25) is 0 Å². The quantitative estimate of drug-likeness (QED) is 0.351. The summed E-state index contributed by atoms with van der Waals surface area (Å²) in [5.74, 6) is -0.392. The van der Waals surface area contributed by atoms with Gasteiger partial charge >= 0.3 is 5.97 Å². The fourth-order valence-electron chi connectivity index (χ4n) is 3.96. The van der Waals surface area contributed by atoms with E-state index >= 15 is 0 Å². The second kappa shape index (κ2) is 7.41. The molecule has 25 heavy (non-hydrogen) atoms. The molecule has 142 valence electrons. The molecule has 4 N–H and O–H groups in total. The summed E-state index contributed by atoms with van der Waals surface area (Å²) in [7, 11) is 0. The molecular formula is C15H26N4O6. The first-order chi connectivity index (χ1) is 12.2. The third-order valence-electron chi connectivity index (χ3n) is 5.38. The molecule has 0 aromatic carbocycles. The van der Waals surface area contributed by atoms with Crippen LogP contribution in [0.1, 0.15) is 25.7 Å². The SMILES string of the molecule is O=C(OC1CCNCC2(CNOO2)C1)C1CCNCC2(CNOO2)C1. The van der Waals surface area contributed by atoms with Gasteiger partial charge in [-0.1, -0.05) is 0 Å². The van der Waals surface area contributed by atoms with E-state index < -0.39 is 11.2 Å². The molecule has 10 heteroatoms. The molecule has 2 spiro atoms. The number of rotatable bonds is 2. The van der Waals surface area contributed by atoms with E-state index in [1.54, 1.807) is 0 Å². The molecule has 4 rings (SSSR count). The third-order valence-corrected chi connectivity index (χ3v) is 5.38. The predicted octanol–water partition coefficient (Wildman–Crippen LogP) is -1.31. The van der Waals surface area contributed by atoms with Gasteiger partial charge in [-0.15, -0.1) is 9.98 Å². The average Bonchev–Trinajstić information content (AvgIpc) is 3.12. The monoisotopic (exact) mass is 358 g/mol. The lowest BCUT2D eigenvalue weighted by molar-refractivity contribution is -0.336. The smallest absolute Gasteiger partial charge is 0.309 e. The lowest BCUT2D eigenvalue weighted by Crippen LogP contribution is -2.45. The molecule has 0 aliphatic carbocycles. The zero-order chi connectivity index (χ0) is 17.2. The third kappa shape index (κ3) is 3.96. The van der Waals surface area contributed by atoms with Crippen molar-refractivity contribution in [3.63, 3.8) is 0 Å². The Morgan fingerprint density at radius 2 is 1.52 bits per heavy atom. The van der Waals surface area contributed by atoms with E-state index in [9.17, 15) is 4.79 Å². The van der Waals surface area contributed by atoms with Crippen LogP contribution in [-0.4, -0.2) is 62.5 Å². The zero-order valence-corrected chi connectivity index (χ0v) is 14.2. The number of hydrogen-bond donors (Lipinski definition) is 4. The molecule has 10 nitrogen and oxygen atoms in total. The zero-order valence-electron chi connectivity index (χ0n) is 14.2. The van der Waals surface area contributed by atoms with Crippen LogP contribution in [0.5, 0.6) is 0 Å². The summed E-state index contributed by atoms with van der Waals surface area (Å²) in [6.45, 7) is 3.97. The molecule has 4 heterocycles. The van der Waals surface area contributed by atoms with Crippen molar-refractivity contribution in [1.29, 1.82) is 0 Å². The molecule has 0 aromatic heterocycles. The number of hydrogen-bond acceptors (Lipinski definition) is 10. The van der Waals surface area contributed by atoms with Crippen LogP contribution in [0.3, 0.4) is 0 Å². The minimum Gasteiger partial charge on any atom is -0.462 e. The van der Waals surface area contributed by atoms with Crippen molar-refractivity contribution in [3.05, 3.63) is 0 Å². The summed E-state index contributed by atoms with van der Waals surface area (Å²) in [6, 6.07) is 0. The van der Waals surface area contributed by atoms with Gasteiger partial charge in [-0.05, 0) is 32.4 Å². The Kier molecular flexibility index (Phi) is 5.20. The first-order valence-electron chi connectivity index (χ1n) is 8.96. The highest BCUT2D eigenvalue weighted by molar-refractivity contribution is 5.73. The highest BCUT2D eigenvalue weighted by Crippen LogP contribution is 2.31. The van der Waals surface area contributed by atoms with Crippen LogP contribution in [0.4, 0.5) is 0 Å². The Balaban J connectivity index is 1.38. The van der Waals surface area contributed by atoms with Crippen LogP contribution >= 0.6 is 0 Å². The van der Waals surface area contributed by atoms with E-state index in [4.69, 9.17) is 24.5 Å². The highest BCUT2D eigenvalue weighted by Gasteiger charge is 2.45. The van der Waals surface area contributed by atoms with Gasteiger partial charge < -0.3 is 15.4 Å². The molecule has 4 aliphatic rings. The number of ether oxygens (including phenoxy) is 1. The normalized spacial score (nSPS) is 42.4. The van der Waals surface area contributed by atoms with Crippen LogP contribution < -0.4 is 21.6 Å². The minimum absolute atomic E-state index is 0.174. The van der Waals surface area contributed by atoms with Gasteiger partial charge in [-0.3, -0.25) is 4.79 Å². The van der Waals surface area contributed by atoms with Gasteiger partial charge in [0.25, 0.3) is 0 Å². The lowest BCUT2D eigenvalue weighted by Gasteiger charge is -2.28. The lowest BCUT2D eigenvalue weighted by atomic mass is 9.89. The van der Waals surface area contributed by atoms with Crippen molar-refractivity contribution < 1.29 is 29.3 Å². The topological polar surface area (TPSA) is 111 Å². The number of carbonyl (C=O) groups excluding carboxylic acids is 1. The Bertz CT molecular complexity index is 481. The summed E-state index contributed by atoms with van der Waals surface area (Å²) in [4.78, 5) is 33.3. The van der Waals surface area contributed by atoms with Crippen molar-refractivity contribution in [1.82, 2.24) is 21.6 Å². The van der Waals surface area contributed by atoms with Crippen molar-refractivity contribution in [2.24, 2.45) is 5.92 Å². The molecule has 0 amide bonds. The summed E-state index contributed by atoms with van der Waals surface area (Å²) < 4.78 is 5.87. The van der Waals surface area contributed by atoms with Crippen molar-refractivity contribution in [2.75, 3.05) is 39.3 Å². The van der Waals surface area contributed by atoms with Crippen LogP contribution in [0.15, 0.2) is 0 Å². The maximum Gasteiger partial charge on any atom is 0.309 e. The van der Waals surface area contributed by atoms with Gasteiger partial charge in [-0.25, -0.2) is 9.78 Å². The van der Waals surface area contributed by atoms with E-state index in [0.717, 1.165) is 25.9 Å². The van der Waals surface area contributed by atoms with Gasteiger partial charge in [0.1, 0.15) is 17.3 Å². The fourth-order valence-corrected chi connectivity index (χ4v) is 3.96. The molecular weight excluding hydrogens is 332 g/mol. The number of hydroxylamine groups is 2. The van der Waals surface area contributed by atoms with Gasteiger partial charge in [0, 0.05) is 19.5 Å². The van der Waals surface area contributed by atoms with Crippen LogP contribution in [0.25, 0.3) is 0 Å². The molecule has 4 unspecified atom stereocenters. The maximum atomic E-state index is 12.8. The summed E-state index contributed by atoms with van der Waals surface area (Å²) in [6.07, 6.45) is 2.46. The Morgan fingerprint density at radius 1 is 0.880 bits per heavy atom. The predicted molar refractivity (Wildman–Crippen MR) is 83.4 cm³/mol. The van der Waals surface area contributed by atoms with Crippen LogP contribution in [0, 0.1) is 5.92 Å². The van der Waals surface area contributed by atoms with E-state index in [0.29, 0.717) is 39.0 Å². The number of carbonyl (C=O) groups is 1. The Hall–Kier alpha value is -0.850. The first-order valence-corrected chi connectivity index (χ1v) is 8.96. The molecule has 0 saturated carbocycles. The van der Waals surface area contributed by atoms with Crippen LogP contribution in [-0.2, 0) is 29.3 Å². The Morgan fingerprint density at radius 3 is 2.16 bits per heavy atom. The summed E-state index contributed by atoms with van der Waals surface area (Å²) in [5.41, 5.74) is 4.47. The number of esters is 1. The van der Waals surface area contributed by atoms with Gasteiger partial charge in [0.15, 0.2) is 0 Å². The van der Waals surface area contributed by atoms with E-state index in [2.05, 4.69) is 21.6 Å². The molecule has 4 atom stereocenters. The first kappa shape index (κ1) is 17.6. The molecule has 4 fully saturated rings. The standard InChI is InChI=1S/C15H26N4O6/c20-13(11-1-3-16-7-14(5-11)9-18-24-22-14)21-12-2-4-17-8-15(6-12)10-19-25-23-15/h11-12,16-19H,1-10H2. The van der Waals surface area contributed by atoms with Gasteiger partial charge in [0.05, 0.1) is 19.0 Å². The van der Waals surface area contributed by atoms with Crippen molar-refractivity contribution in [3.8, 4) is 0 Å². The highest BCUT2D eigenvalue weighted by atomic mass is 17.3. The van der Waals surface area contributed by atoms with Crippen LogP contribution in [0.2, 0.25) is 0 Å². The van der Waals surface area contributed by atoms with Crippen molar-refractivity contribution >= 4 is 5.97 Å². The second-order valence-electron chi connectivity index (χ2n) is 7.44. The largest absolute Gasteiger partial charge is 0.462 e. The summed E-state index contributed by atoms with van der Waals surface area (Å²) >= 11 is 0. The van der Waals surface area contributed by atoms with E-state index in [-0.39, 0.29) is 18.0 Å². The minimum atomic E-state index is -0.515. The van der Waals surface area contributed by atoms with Crippen molar-refractivity contribution in [2.45, 2.75) is 43.0 Å². The molecule has 4 saturated heterocycles. The fraction of sp³-hybridized carbons (Fsp3) is 0.933. The summed E-state index contributed by atoms with van der Waals surface area (Å²) in [5, 5.41) is 6.63. The van der Waals surface area contributed by atoms with E-state index in [1.165, 1.54) is 0 Å². The molecule has 0 radical (unpaired) electrons. The number of nitrogens with one attached hydrogen (secondary N) is 4. The second-order valence-corrected chi connectivity index (χ2v) is 7.44. The Labute approximate surface area is 146 Å². The average molecular weight is 358 g/mol. The van der Waals surface area contributed by atoms with Gasteiger partial charge in [-0.2, -0.15) is 11.0 Å².